The Labute approximate surface area is 218 Å². The topological polar surface area (TPSA) is 103 Å². The van der Waals surface area contributed by atoms with Crippen LogP contribution in [0.3, 0.4) is 0 Å². The molecule has 3 amide bonds. The fourth-order valence-corrected chi connectivity index (χ4v) is 5.33. The van der Waals surface area contributed by atoms with Crippen molar-refractivity contribution in [1.29, 1.82) is 5.26 Å². The van der Waals surface area contributed by atoms with Gasteiger partial charge in [0.05, 0.1) is 11.5 Å². The summed E-state index contributed by atoms with van der Waals surface area (Å²) in [5, 5.41) is 12.9. The maximum atomic E-state index is 14.0. The highest BCUT2D eigenvalue weighted by Gasteiger charge is 2.56. The molecule has 2 heterocycles. The van der Waals surface area contributed by atoms with E-state index in [1.807, 2.05) is 54.6 Å². The Morgan fingerprint density at radius 1 is 1.16 bits per heavy atom. The first-order chi connectivity index (χ1) is 17.8. The van der Waals surface area contributed by atoms with Crippen molar-refractivity contribution in [3.05, 3.63) is 65.7 Å². The van der Waals surface area contributed by atoms with E-state index in [-0.39, 0.29) is 31.4 Å². The van der Waals surface area contributed by atoms with Gasteiger partial charge in [0.1, 0.15) is 18.7 Å². The van der Waals surface area contributed by atoms with E-state index in [1.165, 1.54) is 9.80 Å². The fourth-order valence-electron chi connectivity index (χ4n) is 5.33. The number of rotatable bonds is 8. The van der Waals surface area contributed by atoms with Crippen LogP contribution in [-0.2, 0) is 26.3 Å². The zero-order valence-electron chi connectivity index (χ0n) is 21.6. The van der Waals surface area contributed by atoms with Crippen LogP contribution in [-0.4, -0.2) is 53.4 Å². The van der Waals surface area contributed by atoms with E-state index in [4.69, 9.17) is 4.74 Å². The van der Waals surface area contributed by atoms with E-state index >= 15 is 0 Å². The van der Waals surface area contributed by atoms with Crippen LogP contribution in [0.2, 0.25) is 0 Å². The summed E-state index contributed by atoms with van der Waals surface area (Å²) >= 11 is 0. The minimum absolute atomic E-state index is 0.0977. The van der Waals surface area contributed by atoms with Crippen molar-refractivity contribution in [3.63, 3.8) is 0 Å². The summed E-state index contributed by atoms with van der Waals surface area (Å²) < 4.78 is 5.51. The first-order valence-corrected chi connectivity index (χ1v) is 12.8. The Hall–Kier alpha value is -3.86. The minimum Gasteiger partial charge on any atom is -0.445 e. The third-order valence-electron chi connectivity index (χ3n) is 7.42. The Balaban J connectivity index is 1.55. The zero-order valence-corrected chi connectivity index (χ0v) is 21.6. The van der Waals surface area contributed by atoms with E-state index in [1.54, 1.807) is 7.05 Å². The number of nitrogens with zero attached hydrogens (tertiary/aromatic N) is 3. The van der Waals surface area contributed by atoms with Crippen LogP contribution in [0.5, 0.6) is 0 Å². The molecule has 3 atom stereocenters. The molecular weight excluding hydrogens is 468 g/mol. The van der Waals surface area contributed by atoms with Crippen molar-refractivity contribution in [2.45, 2.75) is 63.6 Å². The van der Waals surface area contributed by atoms with Gasteiger partial charge in [0.15, 0.2) is 0 Å². The van der Waals surface area contributed by atoms with Gasteiger partial charge in [-0.15, -0.1) is 0 Å². The summed E-state index contributed by atoms with van der Waals surface area (Å²) in [7, 11) is 1.57. The van der Waals surface area contributed by atoms with Crippen LogP contribution in [0.15, 0.2) is 54.6 Å². The second kappa shape index (κ2) is 11.0. The summed E-state index contributed by atoms with van der Waals surface area (Å²) in [4.78, 5) is 42.9. The predicted molar refractivity (Wildman–Crippen MR) is 139 cm³/mol. The van der Waals surface area contributed by atoms with Crippen molar-refractivity contribution in [1.82, 2.24) is 9.80 Å². The molecule has 8 nitrogen and oxygen atoms in total. The number of carbonyl (C=O) groups excluding carboxylic acids is 3. The normalized spacial score (nSPS) is 20.9. The van der Waals surface area contributed by atoms with E-state index in [0.717, 1.165) is 24.0 Å². The standard InChI is InChI=1S/C29H34N4O4/c1-20(2)10-9-15-25(32(3)28(36)37-18-21-11-5-4-6-12-21)26(34)33-19-29(16-22(33)17-30)23-13-7-8-14-24(23)31-27(29)35/h4-8,11-14,20,22,25H,9-10,15-16,18-19H2,1-3H3,(H,31,35)/t22-,25-,29-/m0/s1. The number of nitrogens with one attached hydrogen (secondary N) is 1. The first-order valence-electron chi connectivity index (χ1n) is 12.8. The quantitative estimate of drug-likeness (QED) is 0.574. The summed E-state index contributed by atoms with van der Waals surface area (Å²) in [5.74, 6) is -0.0774. The molecular formula is C29H34N4O4. The number of amides is 3. The molecule has 0 aromatic heterocycles. The van der Waals surface area contributed by atoms with Gasteiger partial charge in [0.25, 0.3) is 0 Å². The van der Waals surface area contributed by atoms with E-state index in [9.17, 15) is 19.6 Å². The maximum absolute atomic E-state index is 14.0. The number of fused-ring (bicyclic) bond motifs is 2. The van der Waals surface area contributed by atoms with Gasteiger partial charge in [-0.2, -0.15) is 5.26 Å². The number of carbonyl (C=O) groups is 3. The average Bonchev–Trinajstić information content (AvgIpc) is 3.43. The van der Waals surface area contributed by atoms with E-state index in [2.05, 4.69) is 25.2 Å². The van der Waals surface area contributed by atoms with Gasteiger partial charge in [0, 0.05) is 25.7 Å². The molecule has 1 fully saturated rings. The lowest BCUT2D eigenvalue weighted by Gasteiger charge is -2.32. The lowest BCUT2D eigenvalue weighted by Crippen LogP contribution is -2.51. The molecule has 2 aliphatic heterocycles. The molecule has 0 bridgehead atoms. The van der Waals surface area contributed by atoms with Gasteiger partial charge in [-0.3, -0.25) is 14.5 Å². The number of hydrogen-bond donors (Lipinski definition) is 1. The predicted octanol–water partition coefficient (Wildman–Crippen LogP) is 4.46. The maximum Gasteiger partial charge on any atom is 0.410 e. The second-order valence-corrected chi connectivity index (χ2v) is 10.4. The number of likely N-dealkylation sites (N-methyl/N-ethyl adjacent to an activating group) is 1. The number of hydrogen-bond acceptors (Lipinski definition) is 5. The molecule has 4 rings (SSSR count). The number of anilines is 1. The number of ether oxygens (including phenoxy) is 1. The molecule has 2 aromatic carbocycles. The lowest BCUT2D eigenvalue weighted by atomic mass is 9.80. The summed E-state index contributed by atoms with van der Waals surface area (Å²) in [6.45, 7) is 4.42. The smallest absolute Gasteiger partial charge is 0.410 e. The van der Waals surface area contributed by atoms with Crippen LogP contribution in [0.1, 0.15) is 50.7 Å². The van der Waals surface area contributed by atoms with Crippen LogP contribution in [0, 0.1) is 17.2 Å². The van der Waals surface area contributed by atoms with E-state index in [0.29, 0.717) is 18.0 Å². The number of benzene rings is 2. The van der Waals surface area contributed by atoms with Crippen molar-refractivity contribution >= 4 is 23.6 Å². The lowest BCUT2D eigenvalue weighted by molar-refractivity contribution is -0.136. The van der Waals surface area contributed by atoms with Gasteiger partial charge >= 0.3 is 6.09 Å². The molecule has 2 aliphatic rings. The summed E-state index contributed by atoms with van der Waals surface area (Å²) in [6.07, 6.45) is 1.71. The van der Waals surface area contributed by atoms with Gasteiger partial charge < -0.3 is 15.0 Å². The highest BCUT2D eigenvalue weighted by atomic mass is 16.6. The summed E-state index contributed by atoms with van der Waals surface area (Å²) in [5.41, 5.74) is 1.40. The van der Waals surface area contributed by atoms with Gasteiger partial charge in [-0.25, -0.2) is 4.79 Å². The molecule has 2 aromatic rings. The highest BCUT2D eigenvalue weighted by Crippen LogP contribution is 2.46. The Morgan fingerprint density at radius 2 is 1.86 bits per heavy atom. The SMILES string of the molecule is CC(C)CCC[C@@H](C(=O)N1C[C@]2(C[C@H]1C#N)C(=O)Nc1ccccc12)N(C)C(=O)OCc1ccccc1. The molecule has 1 N–H and O–H groups in total. The largest absolute Gasteiger partial charge is 0.445 e. The number of likely N-dealkylation sites (tertiary alicyclic amines) is 1. The molecule has 1 spiro atoms. The molecule has 37 heavy (non-hydrogen) atoms. The molecule has 194 valence electrons. The van der Waals surface area contributed by atoms with Crippen molar-refractivity contribution in [2.24, 2.45) is 5.92 Å². The first kappa shape index (κ1) is 26.2. The van der Waals surface area contributed by atoms with Gasteiger partial charge in [-0.1, -0.05) is 75.2 Å². The zero-order chi connectivity index (χ0) is 26.6. The molecule has 0 unspecified atom stereocenters. The molecule has 1 saturated heterocycles. The van der Waals surface area contributed by atoms with Crippen molar-refractivity contribution in [2.75, 3.05) is 18.9 Å². The summed E-state index contributed by atoms with van der Waals surface area (Å²) in [6, 6.07) is 17.4. The molecule has 8 heteroatoms. The highest BCUT2D eigenvalue weighted by molar-refractivity contribution is 6.07. The Bertz CT molecular complexity index is 1190. The van der Waals surface area contributed by atoms with Gasteiger partial charge in [0.2, 0.25) is 11.8 Å². The Morgan fingerprint density at radius 3 is 2.57 bits per heavy atom. The van der Waals surface area contributed by atoms with Crippen LogP contribution < -0.4 is 5.32 Å². The molecule has 0 aliphatic carbocycles. The minimum atomic E-state index is -0.971. The van der Waals surface area contributed by atoms with Crippen LogP contribution in [0.4, 0.5) is 10.5 Å². The molecule has 0 saturated carbocycles. The van der Waals surface area contributed by atoms with Gasteiger partial charge in [-0.05, 0) is 29.5 Å². The Kier molecular flexibility index (Phi) is 7.82. The molecule has 0 radical (unpaired) electrons. The van der Waals surface area contributed by atoms with Crippen molar-refractivity contribution in [3.8, 4) is 6.07 Å². The third-order valence-corrected chi connectivity index (χ3v) is 7.42. The average molecular weight is 503 g/mol. The number of para-hydroxylation sites is 1. The monoisotopic (exact) mass is 502 g/mol. The second-order valence-electron chi connectivity index (χ2n) is 10.4. The van der Waals surface area contributed by atoms with E-state index < -0.39 is 23.6 Å². The third kappa shape index (κ3) is 5.31. The fraction of sp³-hybridized carbons (Fsp3) is 0.448. The van der Waals surface area contributed by atoms with Crippen molar-refractivity contribution < 1.29 is 19.1 Å². The van der Waals surface area contributed by atoms with Crippen LogP contribution >= 0.6 is 0 Å². The number of nitriles is 1. The van der Waals surface area contributed by atoms with Crippen LogP contribution in [0.25, 0.3) is 0 Å².